The van der Waals surface area contributed by atoms with Crippen LogP contribution in [0.4, 0.5) is 5.69 Å². The van der Waals surface area contributed by atoms with E-state index in [-0.39, 0.29) is 22.9 Å². The highest BCUT2D eigenvalue weighted by Crippen LogP contribution is 2.26. The maximum Gasteiger partial charge on any atom is 0.248 e. The van der Waals surface area contributed by atoms with Gasteiger partial charge in [0.1, 0.15) is 0 Å². The summed E-state index contributed by atoms with van der Waals surface area (Å²) in [6, 6.07) is 11.0. The number of sulfonamides is 1. The van der Waals surface area contributed by atoms with Crippen LogP contribution in [0, 0.1) is 5.92 Å². The molecule has 0 aliphatic carbocycles. The van der Waals surface area contributed by atoms with Gasteiger partial charge in [0, 0.05) is 30.9 Å². The second-order valence-electron chi connectivity index (χ2n) is 7.00. The Labute approximate surface area is 167 Å². The quantitative estimate of drug-likeness (QED) is 0.680. The molecule has 1 saturated heterocycles. The normalized spacial score (nSPS) is 17.9. The van der Waals surface area contributed by atoms with Gasteiger partial charge >= 0.3 is 0 Å². The first-order valence-electron chi connectivity index (χ1n) is 9.28. The van der Waals surface area contributed by atoms with Crippen molar-refractivity contribution >= 4 is 32.5 Å². The van der Waals surface area contributed by atoms with E-state index in [0.29, 0.717) is 36.0 Å². The second kappa shape index (κ2) is 7.76. The van der Waals surface area contributed by atoms with Gasteiger partial charge in [0.15, 0.2) is 0 Å². The molecule has 1 aliphatic heterocycles. The lowest BCUT2D eigenvalue weighted by atomic mass is 9.99. The summed E-state index contributed by atoms with van der Waals surface area (Å²) in [4.78, 5) is 30.8. The Hall–Kier alpha value is -3.04. The second-order valence-corrected chi connectivity index (χ2v) is 8.94. The number of carbonyl (C=O) groups excluding carboxylic acids is 1. The summed E-state index contributed by atoms with van der Waals surface area (Å²) in [6.45, 7) is 0.487. The minimum Gasteiger partial charge on any atom is -0.324 e. The fraction of sp³-hybridized carbons (Fsp3) is 0.250. The summed E-state index contributed by atoms with van der Waals surface area (Å²) in [5.41, 5.74) is 0.913. The number of rotatable bonds is 4. The van der Waals surface area contributed by atoms with Crippen molar-refractivity contribution in [3.8, 4) is 0 Å². The number of fused-ring (bicyclic) bond motifs is 1. The van der Waals surface area contributed by atoms with Crippen molar-refractivity contribution in [1.29, 1.82) is 0 Å². The number of carbonyl (C=O) groups is 1. The van der Waals surface area contributed by atoms with Crippen molar-refractivity contribution in [2.45, 2.75) is 17.7 Å². The first-order chi connectivity index (χ1) is 13.9. The summed E-state index contributed by atoms with van der Waals surface area (Å²) in [7, 11) is -3.75. The summed E-state index contributed by atoms with van der Waals surface area (Å²) in [5.74, 6) is -0.649. The number of aromatic nitrogens is 2. The number of pyridine rings is 2. The van der Waals surface area contributed by atoms with Crippen LogP contribution in [0.25, 0.3) is 10.9 Å². The van der Waals surface area contributed by atoms with Gasteiger partial charge in [0.2, 0.25) is 21.5 Å². The molecule has 2 N–H and O–H groups in total. The molecule has 150 valence electrons. The van der Waals surface area contributed by atoms with Crippen LogP contribution in [-0.4, -0.2) is 41.7 Å². The molecule has 1 unspecified atom stereocenters. The summed E-state index contributed by atoms with van der Waals surface area (Å²) < 4.78 is 27.6. The highest BCUT2D eigenvalue weighted by atomic mass is 32.2. The van der Waals surface area contributed by atoms with Gasteiger partial charge in [-0.15, -0.1) is 0 Å². The molecule has 4 rings (SSSR count). The van der Waals surface area contributed by atoms with E-state index in [2.05, 4.69) is 15.3 Å². The standard InChI is InChI=1S/C20H20N4O4S/c25-19-8-5-14-11-17(6-7-18(14)23-19)29(27,28)24-10-2-3-15(13-24)20(26)22-16-4-1-9-21-12-16/h1,4-9,11-12,15H,2-3,10,13H2,(H,22,26)(H,23,25). The highest BCUT2D eigenvalue weighted by molar-refractivity contribution is 7.89. The Morgan fingerprint density at radius 2 is 2.07 bits per heavy atom. The van der Waals surface area contributed by atoms with Gasteiger partial charge in [-0.25, -0.2) is 8.42 Å². The average molecular weight is 412 g/mol. The Morgan fingerprint density at radius 3 is 2.86 bits per heavy atom. The zero-order chi connectivity index (χ0) is 20.4. The number of aromatic amines is 1. The van der Waals surface area contributed by atoms with Gasteiger partial charge < -0.3 is 10.3 Å². The number of H-pyrrole nitrogens is 1. The van der Waals surface area contributed by atoms with Crippen molar-refractivity contribution < 1.29 is 13.2 Å². The number of nitrogens with one attached hydrogen (secondary N) is 2. The molecule has 8 nitrogen and oxygen atoms in total. The third-order valence-electron chi connectivity index (χ3n) is 5.02. The number of amides is 1. The Balaban J connectivity index is 1.54. The van der Waals surface area contributed by atoms with Gasteiger partial charge in [-0.1, -0.05) is 0 Å². The monoisotopic (exact) mass is 412 g/mol. The number of piperidine rings is 1. The van der Waals surface area contributed by atoms with E-state index in [9.17, 15) is 18.0 Å². The third kappa shape index (κ3) is 4.06. The van der Waals surface area contributed by atoms with Gasteiger partial charge in [-0.3, -0.25) is 14.6 Å². The number of hydrogen-bond acceptors (Lipinski definition) is 5. The summed E-state index contributed by atoms with van der Waals surface area (Å²) >= 11 is 0. The van der Waals surface area contributed by atoms with E-state index in [1.807, 2.05) is 0 Å². The molecule has 3 aromatic rings. The van der Waals surface area contributed by atoms with Crippen LogP contribution in [0.3, 0.4) is 0 Å². The zero-order valence-electron chi connectivity index (χ0n) is 15.5. The highest BCUT2D eigenvalue weighted by Gasteiger charge is 2.33. The topological polar surface area (TPSA) is 112 Å². The van der Waals surface area contributed by atoms with E-state index < -0.39 is 15.9 Å². The van der Waals surface area contributed by atoms with Crippen LogP contribution in [0.2, 0.25) is 0 Å². The van der Waals surface area contributed by atoms with Gasteiger partial charge in [-0.05, 0) is 54.6 Å². The van der Waals surface area contributed by atoms with Crippen LogP contribution in [0.5, 0.6) is 0 Å². The van der Waals surface area contributed by atoms with Crippen LogP contribution in [0.1, 0.15) is 12.8 Å². The van der Waals surface area contributed by atoms with E-state index >= 15 is 0 Å². The molecule has 0 bridgehead atoms. The molecule has 9 heteroatoms. The minimum absolute atomic E-state index is 0.123. The molecule has 3 heterocycles. The first kappa shape index (κ1) is 19.3. The number of anilines is 1. The van der Waals surface area contributed by atoms with Gasteiger partial charge in [0.05, 0.1) is 22.7 Å². The lowest BCUT2D eigenvalue weighted by molar-refractivity contribution is -0.120. The van der Waals surface area contributed by atoms with E-state index in [4.69, 9.17) is 0 Å². The molecule has 29 heavy (non-hydrogen) atoms. The van der Waals surface area contributed by atoms with E-state index in [1.165, 1.54) is 16.4 Å². The SMILES string of the molecule is O=C(Nc1cccnc1)C1CCCN(S(=O)(=O)c2ccc3[nH]c(=O)ccc3c2)C1. The van der Waals surface area contributed by atoms with Crippen LogP contribution >= 0.6 is 0 Å². The van der Waals surface area contributed by atoms with Crippen molar-refractivity contribution in [3.05, 3.63) is 65.2 Å². The molecule has 1 fully saturated rings. The average Bonchev–Trinajstić information content (AvgIpc) is 2.74. The van der Waals surface area contributed by atoms with Crippen LogP contribution < -0.4 is 10.9 Å². The number of nitrogens with zero attached hydrogens (tertiary/aromatic N) is 2. The van der Waals surface area contributed by atoms with Crippen molar-refractivity contribution in [2.24, 2.45) is 5.92 Å². The number of benzene rings is 1. The Kier molecular flexibility index (Phi) is 5.16. The molecular formula is C20H20N4O4S. The molecular weight excluding hydrogens is 392 g/mol. The van der Waals surface area contributed by atoms with Crippen LogP contribution in [0.15, 0.2) is 64.5 Å². The van der Waals surface area contributed by atoms with E-state index in [1.54, 1.807) is 42.7 Å². The maximum absolute atomic E-state index is 13.1. The van der Waals surface area contributed by atoms with Crippen molar-refractivity contribution in [1.82, 2.24) is 14.3 Å². The molecule has 1 amide bonds. The zero-order valence-corrected chi connectivity index (χ0v) is 16.4. The maximum atomic E-state index is 13.1. The Bertz CT molecular complexity index is 1210. The van der Waals surface area contributed by atoms with Crippen molar-refractivity contribution in [3.63, 3.8) is 0 Å². The predicted octanol–water partition coefficient (Wildman–Crippen LogP) is 1.96. The van der Waals surface area contributed by atoms with Crippen LogP contribution in [-0.2, 0) is 14.8 Å². The van der Waals surface area contributed by atoms with E-state index in [0.717, 1.165) is 0 Å². The number of hydrogen-bond donors (Lipinski definition) is 2. The van der Waals surface area contributed by atoms with Gasteiger partial charge in [-0.2, -0.15) is 4.31 Å². The minimum atomic E-state index is -3.75. The fourth-order valence-corrected chi connectivity index (χ4v) is 5.06. The summed E-state index contributed by atoms with van der Waals surface area (Å²) in [6.07, 6.45) is 4.39. The fourth-order valence-electron chi connectivity index (χ4n) is 3.50. The first-order valence-corrected chi connectivity index (χ1v) is 10.7. The molecule has 2 aromatic heterocycles. The van der Waals surface area contributed by atoms with Gasteiger partial charge in [0.25, 0.3) is 0 Å². The lowest BCUT2D eigenvalue weighted by Gasteiger charge is -2.31. The molecule has 1 atom stereocenters. The lowest BCUT2D eigenvalue weighted by Crippen LogP contribution is -2.43. The predicted molar refractivity (Wildman–Crippen MR) is 109 cm³/mol. The molecule has 0 spiro atoms. The third-order valence-corrected chi connectivity index (χ3v) is 6.88. The Morgan fingerprint density at radius 1 is 1.21 bits per heavy atom. The summed E-state index contributed by atoms with van der Waals surface area (Å²) in [5, 5.41) is 3.43. The largest absolute Gasteiger partial charge is 0.324 e. The molecule has 1 aliphatic rings. The smallest absolute Gasteiger partial charge is 0.248 e. The van der Waals surface area contributed by atoms with Crippen molar-refractivity contribution in [2.75, 3.05) is 18.4 Å². The molecule has 1 aromatic carbocycles. The molecule has 0 radical (unpaired) electrons. The molecule has 0 saturated carbocycles.